The summed E-state index contributed by atoms with van der Waals surface area (Å²) in [6, 6.07) is 5.81. The van der Waals surface area contributed by atoms with Gasteiger partial charge in [-0.3, -0.25) is 10.1 Å². The number of nitrogen functional groups attached to an aromatic ring is 1. The summed E-state index contributed by atoms with van der Waals surface area (Å²) < 4.78 is 6.09. The van der Waals surface area contributed by atoms with E-state index in [0.717, 1.165) is 0 Å². The van der Waals surface area contributed by atoms with Crippen molar-refractivity contribution < 1.29 is 9.66 Å². The summed E-state index contributed by atoms with van der Waals surface area (Å²) in [6.07, 6.45) is 0.602. The molecule has 0 aliphatic carbocycles. The lowest BCUT2D eigenvalue weighted by Crippen LogP contribution is -2.10. The number of aromatic nitrogens is 2. The Morgan fingerprint density at radius 3 is 2.76 bits per heavy atom. The number of non-ortho nitro benzene ring substituents is 1. The highest BCUT2D eigenvalue weighted by Gasteiger charge is 2.11. The van der Waals surface area contributed by atoms with Crippen molar-refractivity contribution in [2.45, 2.75) is 13.3 Å². The number of nitro groups is 1. The third-order valence-corrected chi connectivity index (χ3v) is 2.96. The van der Waals surface area contributed by atoms with Gasteiger partial charge in [-0.2, -0.15) is 4.98 Å². The van der Waals surface area contributed by atoms with Gasteiger partial charge in [-0.15, -0.1) is 0 Å². The monoisotopic (exact) mass is 353 g/mol. The van der Waals surface area contributed by atoms with Gasteiger partial charge in [0, 0.05) is 23.0 Å². The Bertz CT molecular complexity index is 658. The predicted molar refractivity (Wildman–Crippen MR) is 80.1 cm³/mol. The van der Waals surface area contributed by atoms with Gasteiger partial charge in [-0.25, -0.2) is 10.8 Å². The average molecular weight is 354 g/mol. The number of nitrogens with one attached hydrogen (secondary N) is 1. The molecule has 8 nitrogen and oxygen atoms in total. The van der Waals surface area contributed by atoms with Crippen molar-refractivity contribution in [2.24, 2.45) is 5.84 Å². The second-order valence-electron chi connectivity index (χ2n) is 4.01. The molecule has 0 bridgehead atoms. The molecule has 3 N–H and O–H groups in total. The van der Waals surface area contributed by atoms with Gasteiger partial charge in [-0.05, 0) is 6.07 Å². The minimum Gasteiger partial charge on any atom is -0.439 e. The number of nitrogens with two attached hydrogens (primary N) is 1. The number of ether oxygens (including phenoxy) is 1. The van der Waals surface area contributed by atoms with E-state index in [0.29, 0.717) is 28.3 Å². The summed E-state index contributed by atoms with van der Waals surface area (Å²) in [4.78, 5) is 18.7. The highest BCUT2D eigenvalue weighted by atomic mass is 79.9. The number of hydrogen-bond donors (Lipinski definition) is 2. The number of nitrogens with zero attached hydrogens (tertiary/aromatic N) is 3. The van der Waals surface area contributed by atoms with Gasteiger partial charge in [0.1, 0.15) is 17.4 Å². The van der Waals surface area contributed by atoms with Crippen LogP contribution in [0.25, 0.3) is 0 Å². The Balaban J connectivity index is 2.35. The van der Waals surface area contributed by atoms with Gasteiger partial charge >= 0.3 is 0 Å². The van der Waals surface area contributed by atoms with Crippen molar-refractivity contribution in [1.29, 1.82) is 0 Å². The molecule has 2 aromatic rings. The number of benzene rings is 1. The van der Waals surface area contributed by atoms with Gasteiger partial charge in [0.05, 0.1) is 11.0 Å². The standard InChI is InChI=1S/C12H12BrN5O3/c1-2-10-15-11(17-14)6-12(16-10)21-9-4-7(13)3-8(5-9)18(19)20/h3-6H,2,14H2,1H3,(H,15,16,17). The van der Waals surface area contributed by atoms with E-state index in [1.807, 2.05) is 6.92 Å². The molecule has 2 rings (SSSR count). The van der Waals surface area contributed by atoms with Crippen LogP contribution < -0.4 is 16.0 Å². The van der Waals surface area contributed by atoms with Crippen molar-refractivity contribution in [3.8, 4) is 11.6 Å². The van der Waals surface area contributed by atoms with Crippen LogP contribution in [0.1, 0.15) is 12.7 Å². The molecule has 0 saturated heterocycles. The Morgan fingerprint density at radius 1 is 1.38 bits per heavy atom. The maximum atomic E-state index is 10.8. The number of halogens is 1. The number of nitro benzene ring substituents is 1. The number of aryl methyl sites for hydroxylation is 1. The molecule has 0 aliphatic rings. The van der Waals surface area contributed by atoms with Crippen LogP contribution in [0, 0.1) is 10.1 Å². The smallest absolute Gasteiger partial charge is 0.274 e. The Hall–Kier alpha value is -2.26. The molecule has 0 atom stereocenters. The van der Waals surface area contributed by atoms with E-state index >= 15 is 0 Å². The second kappa shape index (κ2) is 6.46. The van der Waals surface area contributed by atoms with E-state index in [1.54, 1.807) is 6.07 Å². The summed E-state index contributed by atoms with van der Waals surface area (Å²) in [5.41, 5.74) is 2.34. The molecule has 1 aromatic carbocycles. The molecule has 21 heavy (non-hydrogen) atoms. The minimum atomic E-state index is -0.498. The quantitative estimate of drug-likeness (QED) is 0.482. The maximum absolute atomic E-state index is 10.8. The van der Waals surface area contributed by atoms with Crippen molar-refractivity contribution in [2.75, 3.05) is 5.43 Å². The van der Waals surface area contributed by atoms with Gasteiger partial charge in [0.2, 0.25) is 5.88 Å². The van der Waals surface area contributed by atoms with Crippen LogP contribution in [-0.4, -0.2) is 14.9 Å². The van der Waals surface area contributed by atoms with Crippen LogP contribution in [-0.2, 0) is 6.42 Å². The summed E-state index contributed by atoms with van der Waals surface area (Å²) in [5, 5.41) is 10.8. The van der Waals surface area contributed by atoms with Crippen LogP contribution in [0.3, 0.4) is 0 Å². The van der Waals surface area contributed by atoms with Crippen LogP contribution in [0.5, 0.6) is 11.6 Å². The molecular weight excluding hydrogens is 342 g/mol. The summed E-state index contributed by atoms with van der Waals surface area (Å²) >= 11 is 3.20. The zero-order valence-corrected chi connectivity index (χ0v) is 12.6. The third-order valence-electron chi connectivity index (χ3n) is 2.50. The fourth-order valence-electron chi connectivity index (χ4n) is 1.59. The lowest BCUT2D eigenvalue weighted by Gasteiger charge is -2.08. The van der Waals surface area contributed by atoms with E-state index in [1.165, 1.54) is 18.2 Å². The van der Waals surface area contributed by atoms with Crippen molar-refractivity contribution in [3.05, 3.63) is 44.7 Å². The normalized spacial score (nSPS) is 10.2. The molecule has 0 fully saturated rings. The first-order valence-electron chi connectivity index (χ1n) is 5.99. The zero-order chi connectivity index (χ0) is 15.4. The first kappa shape index (κ1) is 15.1. The second-order valence-corrected chi connectivity index (χ2v) is 4.93. The van der Waals surface area contributed by atoms with Crippen molar-refractivity contribution >= 4 is 27.4 Å². The Kier molecular flexibility index (Phi) is 4.66. The number of hydrazine groups is 1. The lowest BCUT2D eigenvalue weighted by molar-refractivity contribution is -0.385. The highest BCUT2D eigenvalue weighted by molar-refractivity contribution is 9.10. The van der Waals surface area contributed by atoms with E-state index in [9.17, 15) is 10.1 Å². The van der Waals surface area contributed by atoms with E-state index in [4.69, 9.17) is 10.6 Å². The zero-order valence-electron chi connectivity index (χ0n) is 11.0. The van der Waals surface area contributed by atoms with Crippen LogP contribution in [0.2, 0.25) is 0 Å². The molecule has 0 saturated carbocycles. The molecule has 0 radical (unpaired) electrons. The Morgan fingerprint density at radius 2 is 2.14 bits per heavy atom. The molecule has 1 aromatic heterocycles. The summed E-state index contributed by atoms with van der Waals surface area (Å²) in [6.45, 7) is 1.89. The Labute approximate surface area is 128 Å². The van der Waals surface area contributed by atoms with Gasteiger partial charge in [0.15, 0.2) is 0 Å². The largest absolute Gasteiger partial charge is 0.439 e. The van der Waals surface area contributed by atoms with E-state index in [2.05, 4.69) is 31.3 Å². The first-order valence-corrected chi connectivity index (χ1v) is 6.78. The van der Waals surface area contributed by atoms with Gasteiger partial charge in [-0.1, -0.05) is 22.9 Å². The summed E-state index contributed by atoms with van der Waals surface area (Å²) in [5.74, 6) is 6.82. The molecule has 9 heteroatoms. The topological polar surface area (TPSA) is 116 Å². The van der Waals surface area contributed by atoms with Gasteiger partial charge < -0.3 is 10.2 Å². The molecule has 0 spiro atoms. The summed E-state index contributed by atoms with van der Waals surface area (Å²) in [7, 11) is 0. The molecule has 0 aliphatic heterocycles. The fraction of sp³-hybridized carbons (Fsp3) is 0.167. The maximum Gasteiger partial charge on any atom is 0.274 e. The predicted octanol–water partition coefficient (Wildman–Crippen LogP) is 2.79. The first-order chi connectivity index (χ1) is 10.0. The number of rotatable bonds is 5. The third kappa shape index (κ3) is 3.86. The molecular formula is C12H12BrN5O3. The van der Waals surface area contributed by atoms with Crippen LogP contribution in [0.15, 0.2) is 28.7 Å². The molecule has 1 heterocycles. The molecule has 0 unspecified atom stereocenters. The molecule has 110 valence electrons. The highest BCUT2D eigenvalue weighted by Crippen LogP contribution is 2.29. The van der Waals surface area contributed by atoms with Crippen LogP contribution in [0.4, 0.5) is 11.5 Å². The molecule has 0 amide bonds. The van der Waals surface area contributed by atoms with Crippen LogP contribution >= 0.6 is 15.9 Å². The van der Waals surface area contributed by atoms with E-state index in [-0.39, 0.29) is 11.6 Å². The number of hydrogen-bond acceptors (Lipinski definition) is 7. The number of anilines is 1. The average Bonchev–Trinajstić information content (AvgIpc) is 2.46. The fourth-order valence-corrected chi connectivity index (χ4v) is 2.05. The SMILES string of the molecule is CCc1nc(NN)cc(Oc2cc(Br)cc([N+](=O)[O-])c2)n1. The van der Waals surface area contributed by atoms with E-state index < -0.39 is 4.92 Å². The van der Waals surface area contributed by atoms with Crippen molar-refractivity contribution in [3.63, 3.8) is 0 Å². The lowest BCUT2D eigenvalue weighted by atomic mass is 10.3. The van der Waals surface area contributed by atoms with Crippen molar-refractivity contribution in [1.82, 2.24) is 9.97 Å². The van der Waals surface area contributed by atoms with Gasteiger partial charge in [0.25, 0.3) is 5.69 Å². The minimum absolute atomic E-state index is 0.0821.